The average Bonchev–Trinajstić information content (AvgIpc) is 2.70. The third-order valence-electron chi connectivity index (χ3n) is 5.00. The zero-order valence-electron chi connectivity index (χ0n) is 12.0. The second kappa shape index (κ2) is 4.78. The van der Waals surface area contributed by atoms with Crippen LogP contribution >= 0.6 is 15.9 Å². The molecular weight excluding hydrogens is 345 g/mol. The van der Waals surface area contributed by atoms with Crippen LogP contribution in [0.4, 0.5) is 4.39 Å². The van der Waals surface area contributed by atoms with Crippen LogP contribution in [0, 0.1) is 22.6 Å². The Balaban J connectivity index is 2.11. The SMILES string of the molecule is CC1(C)C(CNS(=O)(=O)c2ccc(Br)c(F)c2)C1(C)C. The van der Waals surface area contributed by atoms with Crippen molar-refractivity contribution in [1.82, 2.24) is 4.72 Å². The molecule has 0 atom stereocenters. The summed E-state index contributed by atoms with van der Waals surface area (Å²) in [4.78, 5) is -0.0468. The van der Waals surface area contributed by atoms with Crippen molar-refractivity contribution >= 4 is 26.0 Å². The summed E-state index contributed by atoms with van der Waals surface area (Å²) in [6, 6.07) is 3.81. The van der Waals surface area contributed by atoms with Gasteiger partial charge in [0.2, 0.25) is 10.0 Å². The van der Waals surface area contributed by atoms with Crippen molar-refractivity contribution in [1.29, 1.82) is 0 Å². The van der Waals surface area contributed by atoms with Gasteiger partial charge in [-0.2, -0.15) is 0 Å². The van der Waals surface area contributed by atoms with Crippen molar-refractivity contribution in [2.24, 2.45) is 16.7 Å². The number of benzene rings is 1. The minimum Gasteiger partial charge on any atom is -0.211 e. The Kier molecular flexibility index (Phi) is 3.81. The van der Waals surface area contributed by atoms with Gasteiger partial charge in [0, 0.05) is 6.54 Å². The largest absolute Gasteiger partial charge is 0.240 e. The Bertz CT molecular complexity index is 627. The zero-order chi connectivity index (χ0) is 15.3. The fraction of sp³-hybridized carbons (Fsp3) is 0.571. The fourth-order valence-electron chi connectivity index (χ4n) is 2.76. The Morgan fingerprint density at radius 3 is 2.25 bits per heavy atom. The molecule has 0 heterocycles. The summed E-state index contributed by atoms with van der Waals surface area (Å²) in [5.41, 5.74) is 0.223. The van der Waals surface area contributed by atoms with E-state index in [1.807, 2.05) is 0 Å². The van der Waals surface area contributed by atoms with Gasteiger partial charge in [0.1, 0.15) is 5.82 Å². The molecule has 1 N–H and O–H groups in total. The summed E-state index contributed by atoms with van der Waals surface area (Å²) in [6.07, 6.45) is 0. The van der Waals surface area contributed by atoms with Crippen molar-refractivity contribution in [2.45, 2.75) is 32.6 Å². The summed E-state index contributed by atoms with van der Waals surface area (Å²) in [7, 11) is -3.67. The molecule has 20 heavy (non-hydrogen) atoms. The normalized spacial score (nSPS) is 20.9. The summed E-state index contributed by atoms with van der Waals surface area (Å²) in [6.45, 7) is 8.90. The third-order valence-corrected chi connectivity index (χ3v) is 7.06. The minimum atomic E-state index is -3.67. The molecule has 1 aliphatic carbocycles. The molecule has 2 rings (SSSR count). The highest BCUT2D eigenvalue weighted by molar-refractivity contribution is 9.10. The standard InChI is InChI=1S/C14H19BrFNO2S/c1-13(2)12(14(13,3)4)8-17-20(18,19)9-5-6-10(15)11(16)7-9/h5-7,12,17H,8H2,1-4H3. The summed E-state index contributed by atoms with van der Waals surface area (Å²) >= 11 is 3.01. The lowest BCUT2D eigenvalue weighted by Crippen LogP contribution is -2.27. The van der Waals surface area contributed by atoms with Gasteiger partial charge in [-0.3, -0.25) is 0 Å². The number of halogens is 2. The summed E-state index contributed by atoms with van der Waals surface area (Å²) in [5, 5.41) is 0. The van der Waals surface area contributed by atoms with E-state index in [0.29, 0.717) is 6.54 Å². The first-order chi connectivity index (χ1) is 9.00. The van der Waals surface area contributed by atoms with E-state index in [0.717, 1.165) is 6.07 Å². The molecule has 1 aromatic carbocycles. The molecular formula is C14H19BrFNO2S. The van der Waals surface area contributed by atoms with E-state index >= 15 is 0 Å². The van der Waals surface area contributed by atoms with Gasteiger partial charge < -0.3 is 0 Å². The molecule has 1 saturated carbocycles. The van der Waals surface area contributed by atoms with Gasteiger partial charge in [0.15, 0.2) is 0 Å². The maximum atomic E-state index is 13.4. The molecule has 0 amide bonds. The van der Waals surface area contributed by atoms with E-state index in [9.17, 15) is 12.8 Å². The smallest absolute Gasteiger partial charge is 0.211 e. The van der Waals surface area contributed by atoms with Gasteiger partial charge in [-0.05, 0) is 50.9 Å². The number of sulfonamides is 1. The van der Waals surface area contributed by atoms with Crippen LogP contribution in [0.5, 0.6) is 0 Å². The van der Waals surface area contributed by atoms with Gasteiger partial charge in [0.25, 0.3) is 0 Å². The lowest BCUT2D eigenvalue weighted by molar-refractivity contribution is 0.457. The Labute approximate surface area is 128 Å². The summed E-state index contributed by atoms with van der Waals surface area (Å²) < 4.78 is 40.6. The Morgan fingerprint density at radius 1 is 1.25 bits per heavy atom. The molecule has 0 spiro atoms. The maximum Gasteiger partial charge on any atom is 0.240 e. The van der Waals surface area contributed by atoms with Gasteiger partial charge >= 0.3 is 0 Å². The van der Waals surface area contributed by atoms with Crippen LogP contribution in [0.3, 0.4) is 0 Å². The lowest BCUT2D eigenvalue weighted by Gasteiger charge is -2.08. The highest BCUT2D eigenvalue weighted by Gasteiger charge is 2.64. The van der Waals surface area contributed by atoms with Gasteiger partial charge in [-0.1, -0.05) is 27.7 Å². The van der Waals surface area contributed by atoms with Crippen LogP contribution < -0.4 is 4.72 Å². The second-order valence-corrected chi connectivity index (χ2v) is 9.05. The molecule has 6 heteroatoms. The van der Waals surface area contributed by atoms with Crippen molar-refractivity contribution in [3.63, 3.8) is 0 Å². The van der Waals surface area contributed by atoms with E-state index in [1.165, 1.54) is 12.1 Å². The van der Waals surface area contributed by atoms with Crippen LogP contribution in [0.25, 0.3) is 0 Å². The van der Waals surface area contributed by atoms with Crippen LogP contribution in [0.1, 0.15) is 27.7 Å². The zero-order valence-corrected chi connectivity index (χ0v) is 14.4. The van der Waals surface area contributed by atoms with Crippen molar-refractivity contribution < 1.29 is 12.8 Å². The second-order valence-electron chi connectivity index (χ2n) is 6.42. The number of hydrogen-bond donors (Lipinski definition) is 1. The number of hydrogen-bond acceptors (Lipinski definition) is 2. The molecule has 0 aromatic heterocycles. The van der Waals surface area contributed by atoms with E-state index in [4.69, 9.17) is 0 Å². The first-order valence-electron chi connectivity index (χ1n) is 6.45. The van der Waals surface area contributed by atoms with Gasteiger partial charge in [-0.15, -0.1) is 0 Å². The highest BCUT2D eigenvalue weighted by Crippen LogP contribution is 2.67. The van der Waals surface area contributed by atoms with Gasteiger partial charge in [-0.25, -0.2) is 17.5 Å². The van der Waals surface area contributed by atoms with Crippen LogP contribution in [-0.2, 0) is 10.0 Å². The van der Waals surface area contributed by atoms with Crippen LogP contribution in [-0.4, -0.2) is 15.0 Å². The summed E-state index contributed by atoms with van der Waals surface area (Å²) in [5.74, 6) is -0.301. The van der Waals surface area contributed by atoms with E-state index in [-0.39, 0.29) is 26.1 Å². The molecule has 0 aliphatic heterocycles. The molecule has 1 aliphatic rings. The third kappa shape index (κ3) is 2.53. The molecule has 1 aromatic rings. The van der Waals surface area contributed by atoms with Gasteiger partial charge in [0.05, 0.1) is 9.37 Å². The molecule has 0 saturated heterocycles. The highest BCUT2D eigenvalue weighted by atomic mass is 79.9. The lowest BCUT2D eigenvalue weighted by atomic mass is 10.0. The molecule has 3 nitrogen and oxygen atoms in total. The van der Waals surface area contributed by atoms with Crippen LogP contribution in [0.15, 0.2) is 27.6 Å². The molecule has 0 bridgehead atoms. The van der Waals surface area contributed by atoms with E-state index < -0.39 is 15.8 Å². The first-order valence-corrected chi connectivity index (χ1v) is 8.72. The average molecular weight is 364 g/mol. The van der Waals surface area contributed by atoms with E-state index in [2.05, 4.69) is 48.3 Å². The van der Waals surface area contributed by atoms with Crippen LogP contribution in [0.2, 0.25) is 0 Å². The topological polar surface area (TPSA) is 46.2 Å². The molecule has 0 radical (unpaired) electrons. The quantitative estimate of drug-likeness (QED) is 0.888. The maximum absolute atomic E-state index is 13.4. The van der Waals surface area contributed by atoms with Crippen molar-refractivity contribution in [2.75, 3.05) is 6.54 Å². The minimum absolute atomic E-state index is 0.0468. The number of rotatable bonds is 4. The van der Waals surface area contributed by atoms with E-state index in [1.54, 1.807) is 0 Å². The number of nitrogens with one attached hydrogen (secondary N) is 1. The first kappa shape index (κ1) is 15.9. The fourth-order valence-corrected chi connectivity index (χ4v) is 4.07. The molecule has 0 unspecified atom stereocenters. The molecule has 112 valence electrons. The van der Waals surface area contributed by atoms with Crippen molar-refractivity contribution in [3.8, 4) is 0 Å². The Morgan fingerprint density at radius 2 is 1.80 bits per heavy atom. The predicted octanol–water partition coefficient (Wildman–Crippen LogP) is 3.55. The Hall–Kier alpha value is -0.460. The predicted molar refractivity (Wildman–Crippen MR) is 80.3 cm³/mol. The monoisotopic (exact) mass is 363 g/mol. The molecule has 1 fully saturated rings. The van der Waals surface area contributed by atoms with Crippen molar-refractivity contribution in [3.05, 3.63) is 28.5 Å².